The van der Waals surface area contributed by atoms with Gasteiger partial charge in [-0.15, -0.1) is 0 Å². The highest BCUT2D eigenvalue weighted by Crippen LogP contribution is 2.37. The van der Waals surface area contributed by atoms with E-state index in [0.717, 1.165) is 0 Å². The molecule has 0 unspecified atom stereocenters. The number of benzene rings is 1. The van der Waals surface area contributed by atoms with Gasteiger partial charge in [-0.25, -0.2) is 4.79 Å². The minimum Gasteiger partial charge on any atom is -0.478 e. The molecule has 0 bridgehead atoms. The van der Waals surface area contributed by atoms with Crippen LogP contribution in [0, 0.1) is 0 Å². The van der Waals surface area contributed by atoms with Gasteiger partial charge in [0, 0.05) is 0 Å². The maximum atomic E-state index is 11.3. The molecule has 6 heteroatoms. The molecule has 0 aliphatic rings. The molecule has 0 saturated carbocycles. The monoisotopic (exact) mass is 334 g/mol. The Kier molecular flexibility index (Phi) is 5.30. The van der Waals surface area contributed by atoms with Crippen LogP contribution in [0.25, 0.3) is 0 Å². The van der Waals surface area contributed by atoms with Gasteiger partial charge in [0.25, 0.3) is 0 Å². The zero-order valence-corrected chi connectivity index (χ0v) is 14.9. The number of carbonyl (C=O) groups is 1. The predicted molar refractivity (Wildman–Crippen MR) is 85.4 cm³/mol. The Bertz CT molecular complexity index is 522. The van der Waals surface area contributed by atoms with Gasteiger partial charge >= 0.3 is 5.97 Å². The minimum absolute atomic E-state index is 0.0621. The topological polar surface area (TPSA) is 46.5 Å². The van der Waals surface area contributed by atoms with E-state index in [9.17, 15) is 9.90 Å². The minimum atomic E-state index is -1.95. The maximum Gasteiger partial charge on any atom is 0.336 e. The van der Waals surface area contributed by atoms with Crippen molar-refractivity contribution in [1.82, 2.24) is 0 Å². The third kappa shape index (κ3) is 3.98. The SMILES string of the molecule is CC(C)(C)[Si](C)(C)OCc1cc(Cl)c(Cl)cc1C(=O)O. The normalized spacial score (nSPS) is 12.6. The van der Waals surface area contributed by atoms with Crippen molar-refractivity contribution in [3.8, 4) is 0 Å². The van der Waals surface area contributed by atoms with Gasteiger partial charge in [0.2, 0.25) is 0 Å². The molecule has 0 amide bonds. The number of aromatic carboxylic acids is 1. The maximum absolute atomic E-state index is 11.3. The average Bonchev–Trinajstić information content (AvgIpc) is 2.28. The fraction of sp³-hybridized carbons (Fsp3) is 0.500. The van der Waals surface area contributed by atoms with Crippen molar-refractivity contribution >= 4 is 37.5 Å². The van der Waals surface area contributed by atoms with Crippen LogP contribution in [0.4, 0.5) is 0 Å². The van der Waals surface area contributed by atoms with Crippen molar-refractivity contribution in [3.05, 3.63) is 33.3 Å². The largest absolute Gasteiger partial charge is 0.478 e. The molecule has 0 aromatic heterocycles. The Hall–Kier alpha value is -0.553. The van der Waals surface area contributed by atoms with Crippen LogP contribution in [0.2, 0.25) is 28.2 Å². The first-order valence-corrected chi connectivity index (χ1v) is 9.97. The summed E-state index contributed by atoms with van der Waals surface area (Å²) in [6, 6.07) is 2.94. The first-order chi connectivity index (χ1) is 8.95. The summed E-state index contributed by atoms with van der Waals surface area (Å²) >= 11 is 11.8. The van der Waals surface area contributed by atoms with Crippen molar-refractivity contribution in [2.45, 2.75) is 45.5 Å². The van der Waals surface area contributed by atoms with Crippen LogP contribution in [0.5, 0.6) is 0 Å². The fourth-order valence-corrected chi connectivity index (χ4v) is 2.68. The number of halogens is 2. The Morgan fingerprint density at radius 2 is 1.75 bits per heavy atom. The molecule has 20 heavy (non-hydrogen) atoms. The van der Waals surface area contributed by atoms with Gasteiger partial charge in [-0.3, -0.25) is 0 Å². The summed E-state index contributed by atoms with van der Waals surface area (Å²) in [5.74, 6) is -1.03. The van der Waals surface area contributed by atoms with E-state index < -0.39 is 14.3 Å². The molecule has 1 rings (SSSR count). The van der Waals surface area contributed by atoms with Crippen LogP contribution >= 0.6 is 23.2 Å². The van der Waals surface area contributed by atoms with Crippen LogP contribution in [0.15, 0.2) is 12.1 Å². The second-order valence-electron chi connectivity index (χ2n) is 6.28. The molecule has 0 radical (unpaired) electrons. The second-order valence-corrected chi connectivity index (χ2v) is 11.9. The lowest BCUT2D eigenvalue weighted by Gasteiger charge is -2.36. The molecule has 0 heterocycles. The molecule has 0 fully saturated rings. The molecular weight excluding hydrogens is 315 g/mol. The smallest absolute Gasteiger partial charge is 0.336 e. The van der Waals surface area contributed by atoms with Crippen molar-refractivity contribution < 1.29 is 14.3 Å². The molecular formula is C14H20Cl2O3Si. The average molecular weight is 335 g/mol. The second kappa shape index (κ2) is 6.06. The van der Waals surface area contributed by atoms with Crippen LogP contribution in [-0.2, 0) is 11.0 Å². The van der Waals surface area contributed by atoms with E-state index in [1.165, 1.54) is 6.07 Å². The lowest BCUT2D eigenvalue weighted by molar-refractivity contribution is 0.0693. The van der Waals surface area contributed by atoms with E-state index >= 15 is 0 Å². The Balaban J connectivity index is 3.04. The zero-order chi connectivity index (χ0) is 15.7. The first kappa shape index (κ1) is 17.5. The predicted octanol–water partition coefficient (Wildman–Crippen LogP) is 5.21. The Morgan fingerprint density at radius 3 is 2.20 bits per heavy atom. The molecule has 0 atom stereocenters. The van der Waals surface area contributed by atoms with Crippen molar-refractivity contribution in [3.63, 3.8) is 0 Å². The van der Waals surface area contributed by atoms with E-state index in [-0.39, 0.29) is 22.2 Å². The van der Waals surface area contributed by atoms with E-state index in [1.807, 2.05) is 0 Å². The summed E-state index contributed by atoms with van der Waals surface area (Å²) in [5, 5.41) is 9.86. The van der Waals surface area contributed by atoms with Gasteiger partial charge in [-0.1, -0.05) is 44.0 Å². The molecule has 3 nitrogen and oxygen atoms in total. The molecule has 0 saturated heterocycles. The van der Waals surface area contributed by atoms with E-state index in [1.54, 1.807) is 6.07 Å². The molecule has 0 aliphatic carbocycles. The molecule has 1 aromatic rings. The highest BCUT2D eigenvalue weighted by atomic mass is 35.5. The van der Waals surface area contributed by atoms with Gasteiger partial charge in [-0.05, 0) is 35.8 Å². The third-order valence-corrected chi connectivity index (χ3v) is 8.97. The Labute approximate surface area is 131 Å². The number of carboxylic acid groups (broad SMARTS) is 1. The van der Waals surface area contributed by atoms with E-state index in [4.69, 9.17) is 27.6 Å². The summed E-state index contributed by atoms with van der Waals surface area (Å²) in [4.78, 5) is 11.3. The molecule has 1 N–H and O–H groups in total. The van der Waals surface area contributed by atoms with Crippen LogP contribution < -0.4 is 0 Å². The fourth-order valence-electron chi connectivity index (χ4n) is 1.38. The molecule has 0 spiro atoms. The lowest BCUT2D eigenvalue weighted by Crippen LogP contribution is -2.40. The summed E-state index contributed by atoms with van der Waals surface area (Å²) in [6.07, 6.45) is 0. The lowest BCUT2D eigenvalue weighted by atomic mass is 10.1. The summed E-state index contributed by atoms with van der Waals surface area (Å²) in [7, 11) is -1.95. The van der Waals surface area contributed by atoms with Crippen molar-refractivity contribution in [1.29, 1.82) is 0 Å². The van der Waals surface area contributed by atoms with Gasteiger partial charge in [0.1, 0.15) is 0 Å². The van der Waals surface area contributed by atoms with Crippen LogP contribution in [0.3, 0.4) is 0 Å². The standard InChI is InChI=1S/C14H20Cl2O3Si/c1-14(2,3)20(4,5)19-8-9-6-11(15)12(16)7-10(9)13(17)18/h6-7H,8H2,1-5H3,(H,17,18). The van der Waals surface area contributed by atoms with Crippen LogP contribution in [-0.4, -0.2) is 19.4 Å². The Morgan fingerprint density at radius 1 is 1.25 bits per heavy atom. The van der Waals surface area contributed by atoms with Gasteiger partial charge in [-0.2, -0.15) is 0 Å². The van der Waals surface area contributed by atoms with Crippen molar-refractivity contribution in [2.75, 3.05) is 0 Å². The number of hydrogen-bond acceptors (Lipinski definition) is 2. The quantitative estimate of drug-likeness (QED) is 0.768. The summed E-state index contributed by atoms with van der Waals surface area (Å²) in [6.45, 7) is 10.9. The molecule has 1 aromatic carbocycles. The first-order valence-electron chi connectivity index (χ1n) is 6.31. The molecule has 112 valence electrons. The van der Waals surface area contributed by atoms with Gasteiger partial charge < -0.3 is 9.53 Å². The van der Waals surface area contributed by atoms with Gasteiger partial charge in [0.15, 0.2) is 8.32 Å². The summed E-state index contributed by atoms with van der Waals surface area (Å²) in [5.41, 5.74) is 0.690. The summed E-state index contributed by atoms with van der Waals surface area (Å²) < 4.78 is 6.04. The van der Waals surface area contributed by atoms with Gasteiger partial charge in [0.05, 0.1) is 22.2 Å². The number of rotatable bonds is 4. The third-order valence-electron chi connectivity index (χ3n) is 3.77. The van der Waals surface area contributed by atoms with Crippen LogP contribution in [0.1, 0.15) is 36.7 Å². The molecule has 0 aliphatic heterocycles. The number of hydrogen-bond donors (Lipinski definition) is 1. The van der Waals surface area contributed by atoms with E-state index in [2.05, 4.69) is 33.9 Å². The highest BCUT2D eigenvalue weighted by molar-refractivity contribution is 6.74. The number of carboxylic acids is 1. The zero-order valence-electron chi connectivity index (χ0n) is 12.4. The van der Waals surface area contributed by atoms with Crippen molar-refractivity contribution in [2.24, 2.45) is 0 Å². The highest BCUT2D eigenvalue weighted by Gasteiger charge is 2.37. The van der Waals surface area contributed by atoms with E-state index in [0.29, 0.717) is 10.6 Å².